The standard InChI is InChI=1S/C20H21N7O/c1-11-8-13-10-21-23-16(13)14(9-11)20(28)22-18-15-17(12-6-4-3-5-7-12)26-27(2)19(15)25-24-18/h3-7,10-11,14H,8-9H2,1-2H3,(H,21,23)(H2,22,24,25,28). The molecule has 1 aliphatic rings. The molecule has 0 radical (unpaired) electrons. The second-order valence-corrected chi connectivity index (χ2v) is 7.53. The van der Waals surface area contributed by atoms with Gasteiger partial charge in [0, 0.05) is 12.6 Å². The van der Waals surface area contributed by atoms with E-state index in [0.29, 0.717) is 17.4 Å². The van der Waals surface area contributed by atoms with Gasteiger partial charge in [0.15, 0.2) is 5.65 Å². The van der Waals surface area contributed by atoms with Gasteiger partial charge in [0.05, 0.1) is 23.2 Å². The van der Waals surface area contributed by atoms with Crippen molar-refractivity contribution in [1.82, 2.24) is 30.2 Å². The maximum Gasteiger partial charge on any atom is 0.234 e. The topological polar surface area (TPSA) is 104 Å². The van der Waals surface area contributed by atoms with E-state index in [1.54, 1.807) is 4.68 Å². The molecule has 4 aromatic rings. The average molecular weight is 375 g/mol. The van der Waals surface area contributed by atoms with E-state index in [1.165, 1.54) is 0 Å². The molecular weight excluding hydrogens is 354 g/mol. The second-order valence-electron chi connectivity index (χ2n) is 7.53. The van der Waals surface area contributed by atoms with Crippen molar-refractivity contribution in [3.05, 3.63) is 47.8 Å². The van der Waals surface area contributed by atoms with Crippen molar-refractivity contribution in [2.45, 2.75) is 25.7 Å². The molecule has 8 heteroatoms. The van der Waals surface area contributed by atoms with Crippen LogP contribution >= 0.6 is 0 Å². The van der Waals surface area contributed by atoms with E-state index in [-0.39, 0.29) is 11.8 Å². The maximum absolute atomic E-state index is 13.1. The normalized spacial score (nSPS) is 18.9. The molecule has 0 spiro atoms. The lowest BCUT2D eigenvalue weighted by atomic mass is 9.81. The number of carbonyl (C=O) groups excluding carboxylic acids is 1. The molecule has 2 unspecified atom stereocenters. The van der Waals surface area contributed by atoms with Crippen molar-refractivity contribution in [3.63, 3.8) is 0 Å². The molecule has 3 N–H and O–H groups in total. The lowest BCUT2D eigenvalue weighted by Gasteiger charge is -2.25. The highest BCUT2D eigenvalue weighted by atomic mass is 16.2. The number of anilines is 1. The van der Waals surface area contributed by atoms with E-state index < -0.39 is 0 Å². The van der Waals surface area contributed by atoms with Crippen LogP contribution in [0.2, 0.25) is 0 Å². The van der Waals surface area contributed by atoms with Crippen molar-refractivity contribution in [2.24, 2.45) is 13.0 Å². The molecule has 0 bridgehead atoms. The highest BCUT2D eigenvalue weighted by molar-refractivity contribution is 6.06. The van der Waals surface area contributed by atoms with E-state index >= 15 is 0 Å². The summed E-state index contributed by atoms with van der Waals surface area (Å²) in [5.74, 6) is 0.689. The van der Waals surface area contributed by atoms with Gasteiger partial charge >= 0.3 is 0 Å². The van der Waals surface area contributed by atoms with Crippen LogP contribution in [0.4, 0.5) is 5.82 Å². The summed E-state index contributed by atoms with van der Waals surface area (Å²) in [6.07, 6.45) is 3.57. The molecule has 1 amide bonds. The lowest BCUT2D eigenvalue weighted by molar-refractivity contribution is -0.118. The van der Waals surface area contributed by atoms with E-state index in [4.69, 9.17) is 0 Å². The quantitative estimate of drug-likeness (QED) is 0.512. The zero-order valence-electron chi connectivity index (χ0n) is 15.7. The number of hydrogen-bond acceptors (Lipinski definition) is 4. The first-order valence-electron chi connectivity index (χ1n) is 9.41. The third-order valence-corrected chi connectivity index (χ3v) is 5.46. The number of nitrogens with zero attached hydrogens (tertiary/aromatic N) is 4. The van der Waals surface area contributed by atoms with Gasteiger partial charge in [-0.3, -0.25) is 15.0 Å². The lowest BCUT2D eigenvalue weighted by Crippen LogP contribution is -2.27. The summed E-state index contributed by atoms with van der Waals surface area (Å²) in [5.41, 5.74) is 4.52. The van der Waals surface area contributed by atoms with Crippen molar-refractivity contribution in [1.29, 1.82) is 0 Å². The smallest absolute Gasteiger partial charge is 0.234 e. The van der Waals surface area contributed by atoms with Gasteiger partial charge in [-0.1, -0.05) is 37.3 Å². The predicted molar refractivity (Wildman–Crippen MR) is 106 cm³/mol. The molecule has 5 rings (SSSR count). The molecule has 0 aliphatic heterocycles. The Morgan fingerprint density at radius 1 is 1.25 bits per heavy atom. The first-order valence-corrected chi connectivity index (χ1v) is 9.41. The summed E-state index contributed by atoms with van der Waals surface area (Å²) in [6.45, 7) is 2.17. The number of aromatic nitrogens is 6. The zero-order valence-corrected chi connectivity index (χ0v) is 15.7. The van der Waals surface area contributed by atoms with Gasteiger partial charge in [-0.2, -0.15) is 15.3 Å². The van der Waals surface area contributed by atoms with Crippen LogP contribution in [0.1, 0.15) is 30.5 Å². The van der Waals surface area contributed by atoms with Gasteiger partial charge < -0.3 is 5.32 Å². The number of nitrogens with one attached hydrogen (secondary N) is 3. The van der Waals surface area contributed by atoms with Gasteiger partial charge in [0.2, 0.25) is 5.91 Å². The third kappa shape index (κ3) is 2.60. The number of amides is 1. The van der Waals surface area contributed by atoms with Crippen LogP contribution in [0.15, 0.2) is 36.5 Å². The molecule has 3 aromatic heterocycles. The Labute approximate surface area is 161 Å². The summed E-state index contributed by atoms with van der Waals surface area (Å²) in [4.78, 5) is 13.1. The van der Waals surface area contributed by atoms with E-state index in [1.807, 2.05) is 43.6 Å². The number of aromatic amines is 2. The van der Waals surface area contributed by atoms with Crippen LogP contribution in [-0.4, -0.2) is 36.1 Å². The number of hydrogen-bond donors (Lipinski definition) is 3. The van der Waals surface area contributed by atoms with E-state index in [2.05, 4.69) is 37.7 Å². The Morgan fingerprint density at radius 3 is 2.89 bits per heavy atom. The molecular formula is C20H21N7O. The van der Waals surface area contributed by atoms with Gasteiger partial charge in [-0.15, -0.1) is 0 Å². The molecule has 0 saturated carbocycles. The summed E-state index contributed by atoms with van der Waals surface area (Å²) < 4.78 is 1.72. The van der Waals surface area contributed by atoms with Gasteiger partial charge in [0.1, 0.15) is 11.5 Å². The minimum Gasteiger partial charge on any atom is -0.310 e. The Balaban J connectivity index is 1.52. The first-order chi connectivity index (χ1) is 13.6. The molecule has 28 heavy (non-hydrogen) atoms. The zero-order chi connectivity index (χ0) is 19.3. The molecule has 3 heterocycles. The fourth-order valence-corrected chi connectivity index (χ4v) is 4.14. The number of rotatable bonds is 3. The molecule has 8 nitrogen and oxygen atoms in total. The Kier molecular flexibility index (Phi) is 3.78. The highest BCUT2D eigenvalue weighted by Crippen LogP contribution is 2.36. The highest BCUT2D eigenvalue weighted by Gasteiger charge is 2.32. The first kappa shape index (κ1) is 16.7. The largest absolute Gasteiger partial charge is 0.310 e. The molecule has 1 aromatic carbocycles. The van der Waals surface area contributed by atoms with Crippen molar-refractivity contribution in [3.8, 4) is 11.3 Å². The Morgan fingerprint density at radius 2 is 2.07 bits per heavy atom. The molecule has 0 fully saturated rings. The number of benzene rings is 1. The molecule has 2 atom stereocenters. The van der Waals surface area contributed by atoms with Crippen molar-refractivity contribution >= 4 is 22.8 Å². The van der Waals surface area contributed by atoms with Crippen molar-refractivity contribution in [2.75, 3.05) is 5.32 Å². The summed E-state index contributed by atoms with van der Waals surface area (Å²) in [5, 5.41) is 23.0. The van der Waals surface area contributed by atoms with Crippen LogP contribution < -0.4 is 5.32 Å². The maximum atomic E-state index is 13.1. The van der Waals surface area contributed by atoms with Crippen LogP contribution in [0.25, 0.3) is 22.3 Å². The van der Waals surface area contributed by atoms with Crippen LogP contribution in [0.3, 0.4) is 0 Å². The number of carbonyl (C=O) groups is 1. The number of aryl methyl sites for hydroxylation is 1. The second kappa shape index (κ2) is 6.33. The van der Waals surface area contributed by atoms with Crippen LogP contribution in [0.5, 0.6) is 0 Å². The summed E-state index contributed by atoms with van der Waals surface area (Å²) in [6, 6.07) is 9.91. The molecule has 142 valence electrons. The van der Waals surface area contributed by atoms with Crippen LogP contribution in [-0.2, 0) is 18.3 Å². The average Bonchev–Trinajstić information content (AvgIpc) is 3.39. The Bertz CT molecular complexity index is 1150. The van der Waals surface area contributed by atoms with Gasteiger partial charge in [-0.25, -0.2) is 4.68 Å². The molecule has 0 saturated heterocycles. The SMILES string of the molecule is CC1Cc2cn[nH]c2C(C(=O)Nc2[nH]nc3c2c(-c2ccccc2)nn3C)C1. The number of H-pyrrole nitrogens is 2. The predicted octanol–water partition coefficient (Wildman–Crippen LogP) is 2.99. The van der Waals surface area contributed by atoms with Gasteiger partial charge in [-0.05, 0) is 24.3 Å². The van der Waals surface area contributed by atoms with Crippen LogP contribution in [0, 0.1) is 5.92 Å². The number of fused-ring (bicyclic) bond motifs is 2. The minimum atomic E-state index is -0.253. The van der Waals surface area contributed by atoms with Gasteiger partial charge in [0.25, 0.3) is 0 Å². The summed E-state index contributed by atoms with van der Waals surface area (Å²) in [7, 11) is 1.85. The van der Waals surface area contributed by atoms with E-state index in [9.17, 15) is 4.79 Å². The van der Waals surface area contributed by atoms with E-state index in [0.717, 1.165) is 40.7 Å². The fraction of sp³-hybridized carbons (Fsp3) is 0.300. The minimum absolute atomic E-state index is 0.0644. The fourth-order valence-electron chi connectivity index (χ4n) is 4.14. The van der Waals surface area contributed by atoms with Crippen molar-refractivity contribution < 1.29 is 4.79 Å². The Hall–Kier alpha value is -3.42. The third-order valence-electron chi connectivity index (χ3n) is 5.46. The molecule has 1 aliphatic carbocycles. The summed E-state index contributed by atoms with van der Waals surface area (Å²) >= 11 is 0. The monoisotopic (exact) mass is 375 g/mol.